The van der Waals surface area contributed by atoms with Gasteiger partial charge < -0.3 is 15.6 Å². The minimum Gasteiger partial charge on any atom is -0.370 e. The molecule has 0 atom stereocenters. The largest absolute Gasteiger partial charge is 0.370 e. The van der Waals surface area contributed by atoms with Crippen LogP contribution in [-0.4, -0.2) is 28.6 Å². The summed E-state index contributed by atoms with van der Waals surface area (Å²) in [5.41, 5.74) is 8.04. The highest BCUT2D eigenvalue weighted by Crippen LogP contribution is 2.05. The zero-order chi connectivity index (χ0) is 15.8. The van der Waals surface area contributed by atoms with Gasteiger partial charge in [0.05, 0.1) is 6.54 Å². The van der Waals surface area contributed by atoms with E-state index >= 15 is 0 Å². The van der Waals surface area contributed by atoms with Gasteiger partial charge in [-0.05, 0) is 12.5 Å². The van der Waals surface area contributed by atoms with Crippen molar-refractivity contribution in [2.75, 3.05) is 13.1 Å². The van der Waals surface area contributed by atoms with Crippen molar-refractivity contribution in [3.63, 3.8) is 0 Å². The lowest BCUT2D eigenvalue weighted by Crippen LogP contribution is -2.33. The van der Waals surface area contributed by atoms with E-state index in [2.05, 4.69) is 38.6 Å². The Morgan fingerprint density at radius 3 is 2.78 bits per heavy atom. The van der Waals surface area contributed by atoms with Crippen LogP contribution >= 0.6 is 24.0 Å². The normalized spacial score (nSPS) is 10.9. The number of rotatable bonds is 7. The van der Waals surface area contributed by atoms with Crippen LogP contribution in [0.1, 0.15) is 18.3 Å². The fourth-order valence-corrected chi connectivity index (χ4v) is 2.07. The zero-order valence-electron chi connectivity index (χ0n) is 13.4. The minimum atomic E-state index is 0. The first kappa shape index (κ1) is 19.2. The predicted molar refractivity (Wildman–Crippen MR) is 106 cm³/mol. The minimum absolute atomic E-state index is 0. The van der Waals surface area contributed by atoms with E-state index in [1.54, 1.807) is 0 Å². The molecule has 3 N–H and O–H groups in total. The summed E-state index contributed by atoms with van der Waals surface area (Å²) in [7, 11) is 0. The van der Waals surface area contributed by atoms with Crippen LogP contribution in [0.5, 0.6) is 0 Å². The molecule has 0 unspecified atom stereocenters. The molecular weight excluding hydrogens is 401 g/mol. The van der Waals surface area contributed by atoms with Crippen LogP contribution in [0.25, 0.3) is 0 Å². The molecule has 0 spiro atoms. The molecule has 2 aromatic rings. The number of hydrogen-bond donors (Lipinski definition) is 2. The molecule has 0 radical (unpaired) electrons. The van der Waals surface area contributed by atoms with Crippen molar-refractivity contribution < 1.29 is 0 Å². The van der Waals surface area contributed by atoms with Crippen molar-refractivity contribution in [2.45, 2.75) is 19.9 Å². The van der Waals surface area contributed by atoms with Crippen LogP contribution in [0.15, 0.2) is 59.9 Å². The third-order valence-corrected chi connectivity index (χ3v) is 3.17. The van der Waals surface area contributed by atoms with E-state index in [9.17, 15) is 0 Å². The number of halogens is 1. The third-order valence-electron chi connectivity index (χ3n) is 3.17. The fourth-order valence-electron chi connectivity index (χ4n) is 2.07. The Hall–Kier alpha value is -1.83. The second-order valence-corrected chi connectivity index (χ2v) is 5.29. The number of aliphatic imine (C=N–C) groups is 1. The maximum absolute atomic E-state index is 5.79. The van der Waals surface area contributed by atoms with Crippen molar-refractivity contribution in [3.8, 4) is 0 Å². The molecule has 0 aliphatic heterocycles. The Morgan fingerprint density at radius 2 is 2.09 bits per heavy atom. The maximum atomic E-state index is 5.79. The molecule has 1 aromatic carbocycles. The highest BCUT2D eigenvalue weighted by molar-refractivity contribution is 14.0. The van der Waals surface area contributed by atoms with Crippen molar-refractivity contribution in [1.82, 2.24) is 14.9 Å². The number of guanidine groups is 1. The van der Waals surface area contributed by atoms with Gasteiger partial charge in [-0.1, -0.05) is 42.5 Å². The molecule has 6 heteroatoms. The van der Waals surface area contributed by atoms with Gasteiger partial charge in [0, 0.05) is 31.9 Å². The average molecular weight is 425 g/mol. The molecule has 23 heavy (non-hydrogen) atoms. The van der Waals surface area contributed by atoms with Crippen LogP contribution in [0, 0.1) is 0 Å². The first-order valence-electron chi connectivity index (χ1n) is 7.37. The summed E-state index contributed by atoms with van der Waals surface area (Å²) >= 11 is 0. The number of imidazole rings is 1. The molecule has 0 aliphatic carbocycles. The summed E-state index contributed by atoms with van der Waals surface area (Å²) in [5, 5.41) is 3.10. The van der Waals surface area contributed by atoms with Gasteiger partial charge in [-0.25, -0.2) is 9.98 Å². The van der Waals surface area contributed by atoms with E-state index in [0.29, 0.717) is 19.0 Å². The standard InChI is InChI=1S/C17H23N5.HI/c1-14(2)12-21-17(18)20-9-8-16-19-10-11-22(16)13-15-6-4-3-5-7-15;/h3-7,10-11H,1,8-9,12-13H2,2H3,(H3,18,20,21);1H. The van der Waals surface area contributed by atoms with Gasteiger partial charge in [0.1, 0.15) is 5.82 Å². The molecule has 124 valence electrons. The Morgan fingerprint density at radius 1 is 1.35 bits per heavy atom. The lowest BCUT2D eigenvalue weighted by Gasteiger charge is -2.09. The second-order valence-electron chi connectivity index (χ2n) is 5.29. The van der Waals surface area contributed by atoms with Gasteiger partial charge in [-0.3, -0.25) is 0 Å². The topological polar surface area (TPSA) is 68.2 Å². The monoisotopic (exact) mass is 425 g/mol. The van der Waals surface area contributed by atoms with Gasteiger partial charge in [0.25, 0.3) is 0 Å². The van der Waals surface area contributed by atoms with Crippen LogP contribution < -0.4 is 11.1 Å². The summed E-state index contributed by atoms with van der Waals surface area (Å²) in [6, 6.07) is 10.3. The van der Waals surface area contributed by atoms with E-state index in [4.69, 9.17) is 5.73 Å². The SMILES string of the molecule is C=C(C)CN=C(N)NCCc1nccn1Cc1ccccc1.I. The zero-order valence-corrected chi connectivity index (χ0v) is 15.7. The highest BCUT2D eigenvalue weighted by Gasteiger charge is 2.03. The number of nitrogens with one attached hydrogen (secondary N) is 1. The first-order valence-corrected chi connectivity index (χ1v) is 7.37. The Labute approximate surface area is 154 Å². The number of nitrogens with two attached hydrogens (primary N) is 1. The molecule has 0 aliphatic rings. The fraction of sp³-hybridized carbons (Fsp3) is 0.294. The summed E-state index contributed by atoms with van der Waals surface area (Å²) in [5.74, 6) is 1.48. The molecular formula is C17H24IN5. The van der Waals surface area contributed by atoms with E-state index in [-0.39, 0.29) is 24.0 Å². The van der Waals surface area contributed by atoms with Crippen LogP contribution in [0.3, 0.4) is 0 Å². The molecule has 1 aromatic heterocycles. The van der Waals surface area contributed by atoms with Crippen LogP contribution in [0.4, 0.5) is 0 Å². The van der Waals surface area contributed by atoms with Gasteiger partial charge in [0.2, 0.25) is 0 Å². The summed E-state index contributed by atoms with van der Waals surface area (Å²) < 4.78 is 2.15. The smallest absolute Gasteiger partial charge is 0.188 e. The highest BCUT2D eigenvalue weighted by atomic mass is 127. The quantitative estimate of drug-likeness (QED) is 0.310. The number of aromatic nitrogens is 2. The average Bonchev–Trinajstić information content (AvgIpc) is 2.93. The summed E-state index contributed by atoms with van der Waals surface area (Å²) in [6.07, 6.45) is 4.63. The van der Waals surface area contributed by atoms with Gasteiger partial charge >= 0.3 is 0 Å². The first-order chi connectivity index (χ1) is 10.6. The summed E-state index contributed by atoms with van der Waals surface area (Å²) in [6.45, 7) is 7.81. The van der Waals surface area contributed by atoms with Gasteiger partial charge in [-0.2, -0.15) is 0 Å². The van der Waals surface area contributed by atoms with Gasteiger partial charge in [-0.15, -0.1) is 24.0 Å². The van der Waals surface area contributed by atoms with Crippen molar-refractivity contribution in [1.29, 1.82) is 0 Å². The van der Waals surface area contributed by atoms with Crippen molar-refractivity contribution in [3.05, 3.63) is 66.3 Å². The van der Waals surface area contributed by atoms with Gasteiger partial charge in [0.15, 0.2) is 5.96 Å². The molecule has 0 fully saturated rings. The molecule has 0 amide bonds. The number of benzene rings is 1. The van der Waals surface area contributed by atoms with Crippen molar-refractivity contribution >= 4 is 29.9 Å². The second kappa shape index (κ2) is 10.0. The lowest BCUT2D eigenvalue weighted by molar-refractivity contribution is 0.700. The lowest BCUT2D eigenvalue weighted by atomic mass is 10.2. The van der Waals surface area contributed by atoms with Crippen LogP contribution in [0.2, 0.25) is 0 Å². The molecule has 5 nitrogen and oxygen atoms in total. The van der Waals surface area contributed by atoms with E-state index in [1.165, 1.54) is 5.56 Å². The molecule has 0 saturated carbocycles. The molecule has 2 rings (SSSR count). The number of hydrogen-bond acceptors (Lipinski definition) is 2. The molecule has 0 saturated heterocycles. The van der Waals surface area contributed by atoms with E-state index < -0.39 is 0 Å². The Kier molecular flexibility index (Phi) is 8.39. The predicted octanol–water partition coefficient (Wildman–Crippen LogP) is 2.57. The van der Waals surface area contributed by atoms with Crippen molar-refractivity contribution in [2.24, 2.45) is 10.7 Å². The Balaban J connectivity index is 0.00000264. The molecule has 1 heterocycles. The third kappa shape index (κ3) is 6.85. The van der Waals surface area contributed by atoms with E-state index in [1.807, 2.05) is 37.5 Å². The summed E-state index contributed by atoms with van der Waals surface area (Å²) in [4.78, 5) is 8.60. The van der Waals surface area contributed by atoms with Crippen LogP contribution in [-0.2, 0) is 13.0 Å². The molecule has 0 bridgehead atoms. The van der Waals surface area contributed by atoms with E-state index in [0.717, 1.165) is 24.4 Å². The Bertz CT molecular complexity index is 633. The number of nitrogens with zero attached hydrogens (tertiary/aromatic N) is 3. The maximum Gasteiger partial charge on any atom is 0.188 e.